The molecule has 3 nitrogen and oxygen atoms in total. The van der Waals surface area contributed by atoms with Gasteiger partial charge in [-0.2, -0.15) is 0 Å². The van der Waals surface area contributed by atoms with Crippen LogP contribution in [0.2, 0.25) is 0 Å². The van der Waals surface area contributed by atoms with E-state index in [0.29, 0.717) is 31.7 Å². The molecule has 0 bridgehead atoms. The fourth-order valence-electron chi connectivity index (χ4n) is 4.57. The van der Waals surface area contributed by atoms with Gasteiger partial charge in [0.05, 0.1) is 12.7 Å². The van der Waals surface area contributed by atoms with Crippen molar-refractivity contribution >= 4 is 5.97 Å². The molecule has 2 fully saturated rings. The monoisotopic (exact) mass is 296 g/mol. The molecule has 21 heavy (non-hydrogen) atoms. The minimum absolute atomic E-state index is 0.127. The Morgan fingerprint density at radius 3 is 2.48 bits per heavy atom. The van der Waals surface area contributed by atoms with E-state index >= 15 is 0 Å². The summed E-state index contributed by atoms with van der Waals surface area (Å²) >= 11 is 0. The van der Waals surface area contributed by atoms with Crippen molar-refractivity contribution in [1.29, 1.82) is 0 Å². The predicted molar refractivity (Wildman–Crippen MR) is 84.0 cm³/mol. The van der Waals surface area contributed by atoms with Crippen LogP contribution in [-0.4, -0.2) is 25.3 Å². The number of carbonyl (C=O) groups is 1. The van der Waals surface area contributed by atoms with Gasteiger partial charge in [0.15, 0.2) is 0 Å². The molecular weight excluding hydrogens is 264 g/mol. The number of rotatable bonds is 7. The first-order chi connectivity index (χ1) is 10.2. The molecule has 0 aromatic heterocycles. The smallest absolute Gasteiger partial charge is 0.305 e. The third kappa shape index (κ3) is 4.21. The fourth-order valence-corrected chi connectivity index (χ4v) is 4.57. The van der Waals surface area contributed by atoms with E-state index in [1.807, 2.05) is 6.92 Å². The molecule has 0 N–H and O–H groups in total. The number of carbonyl (C=O) groups excluding carboxylic acids is 1. The minimum Gasteiger partial charge on any atom is -0.463 e. The zero-order valence-electron chi connectivity index (χ0n) is 14.0. The summed E-state index contributed by atoms with van der Waals surface area (Å²) in [5, 5.41) is 0. The third-order valence-corrected chi connectivity index (χ3v) is 5.59. The molecule has 0 heterocycles. The van der Waals surface area contributed by atoms with Crippen molar-refractivity contribution in [1.82, 2.24) is 0 Å². The lowest BCUT2D eigenvalue weighted by Crippen LogP contribution is -2.32. The van der Waals surface area contributed by atoms with Gasteiger partial charge < -0.3 is 9.47 Å². The maximum atomic E-state index is 11.2. The summed E-state index contributed by atoms with van der Waals surface area (Å²) in [6, 6.07) is 0. The molecule has 0 radical (unpaired) electrons. The second-order valence-electron chi connectivity index (χ2n) is 6.91. The van der Waals surface area contributed by atoms with Gasteiger partial charge in [0.25, 0.3) is 0 Å². The second kappa shape index (κ2) is 8.17. The van der Waals surface area contributed by atoms with Crippen LogP contribution in [0.5, 0.6) is 0 Å². The Hall–Kier alpha value is -0.570. The first-order valence-corrected chi connectivity index (χ1v) is 8.94. The van der Waals surface area contributed by atoms with Crippen molar-refractivity contribution in [2.24, 2.45) is 23.7 Å². The molecule has 0 aromatic carbocycles. The zero-order chi connectivity index (χ0) is 15.2. The van der Waals surface area contributed by atoms with Crippen LogP contribution in [-0.2, 0) is 14.3 Å². The van der Waals surface area contributed by atoms with E-state index < -0.39 is 0 Å². The van der Waals surface area contributed by atoms with Gasteiger partial charge in [-0.3, -0.25) is 4.79 Å². The first-order valence-electron chi connectivity index (χ1n) is 8.94. The van der Waals surface area contributed by atoms with Crippen LogP contribution in [0.3, 0.4) is 0 Å². The Morgan fingerprint density at radius 2 is 1.86 bits per heavy atom. The van der Waals surface area contributed by atoms with Gasteiger partial charge in [-0.05, 0) is 30.1 Å². The lowest BCUT2D eigenvalue weighted by Gasteiger charge is -2.30. The lowest BCUT2D eigenvalue weighted by molar-refractivity contribution is -0.146. The standard InChI is InChI=1S/C18H32O3/c1-4-14-12-13(3)17(15-8-6-7-9-15)18(14)21-11-10-20-16(19)5-2/h13-15,17-18H,4-12H2,1-3H3. The fraction of sp³-hybridized carbons (Fsp3) is 0.944. The van der Waals surface area contributed by atoms with Crippen molar-refractivity contribution in [2.45, 2.75) is 71.8 Å². The second-order valence-corrected chi connectivity index (χ2v) is 6.91. The predicted octanol–water partition coefficient (Wildman–Crippen LogP) is 4.20. The van der Waals surface area contributed by atoms with E-state index in [0.717, 1.165) is 17.8 Å². The molecule has 4 atom stereocenters. The van der Waals surface area contributed by atoms with E-state index in [4.69, 9.17) is 9.47 Å². The Labute approximate surface area is 129 Å². The largest absolute Gasteiger partial charge is 0.463 e. The van der Waals surface area contributed by atoms with Gasteiger partial charge in [-0.1, -0.05) is 52.9 Å². The van der Waals surface area contributed by atoms with Crippen LogP contribution in [0.1, 0.15) is 65.7 Å². The Bertz CT molecular complexity index is 322. The molecule has 2 saturated carbocycles. The van der Waals surface area contributed by atoms with Crippen molar-refractivity contribution in [3.8, 4) is 0 Å². The summed E-state index contributed by atoms with van der Waals surface area (Å²) in [5.74, 6) is 2.92. The van der Waals surface area contributed by atoms with Gasteiger partial charge in [-0.15, -0.1) is 0 Å². The van der Waals surface area contributed by atoms with Crippen molar-refractivity contribution in [2.75, 3.05) is 13.2 Å². The zero-order valence-corrected chi connectivity index (χ0v) is 14.0. The molecule has 2 aliphatic rings. The molecule has 0 aromatic rings. The number of ether oxygens (including phenoxy) is 2. The van der Waals surface area contributed by atoms with Crippen LogP contribution >= 0.6 is 0 Å². The maximum absolute atomic E-state index is 11.2. The first kappa shape index (κ1) is 16.8. The molecular formula is C18H32O3. The van der Waals surface area contributed by atoms with E-state index in [2.05, 4.69) is 13.8 Å². The van der Waals surface area contributed by atoms with Crippen molar-refractivity contribution in [3.05, 3.63) is 0 Å². The van der Waals surface area contributed by atoms with E-state index in [1.165, 1.54) is 38.5 Å². The van der Waals surface area contributed by atoms with E-state index in [-0.39, 0.29) is 5.97 Å². The SMILES string of the molecule is CCC(=O)OCCOC1C(CC)CC(C)C1C1CCCC1. The normalized spacial score (nSPS) is 33.5. The van der Waals surface area contributed by atoms with Crippen LogP contribution in [0.15, 0.2) is 0 Å². The van der Waals surface area contributed by atoms with E-state index in [9.17, 15) is 4.79 Å². The molecule has 2 aliphatic carbocycles. The topological polar surface area (TPSA) is 35.5 Å². The molecule has 0 aliphatic heterocycles. The van der Waals surface area contributed by atoms with Crippen LogP contribution in [0.4, 0.5) is 0 Å². The van der Waals surface area contributed by atoms with Gasteiger partial charge in [-0.25, -0.2) is 0 Å². The van der Waals surface area contributed by atoms with Gasteiger partial charge in [0.2, 0.25) is 0 Å². The summed E-state index contributed by atoms with van der Waals surface area (Å²) in [4.78, 5) is 11.2. The van der Waals surface area contributed by atoms with Crippen LogP contribution in [0, 0.1) is 23.7 Å². The average Bonchev–Trinajstić information content (AvgIpc) is 3.10. The van der Waals surface area contributed by atoms with Gasteiger partial charge in [0, 0.05) is 6.42 Å². The highest BCUT2D eigenvalue weighted by atomic mass is 16.6. The number of hydrogen-bond donors (Lipinski definition) is 0. The van der Waals surface area contributed by atoms with Crippen LogP contribution < -0.4 is 0 Å². The molecule has 0 saturated heterocycles. The Morgan fingerprint density at radius 1 is 1.14 bits per heavy atom. The molecule has 0 amide bonds. The Balaban J connectivity index is 1.87. The highest BCUT2D eigenvalue weighted by Crippen LogP contribution is 2.48. The third-order valence-electron chi connectivity index (χ3n) is 5.59. The number of esters is 1. The molecule has 122 valence electrons. The Kier molecular flexibility index (Phi) is 6.53. The molecule has 4 unspecified atom stereocenters. The summed E-state index contributed by atoms with van der Waals surface area (Å²) < 4.78 is 11.4. The van der Waals surface area contributed by atoms with Gasteiger partial charge in [0.1, 0.15) is 6.61 Å². The molecule has 2 rings (SSSR count). The van der Waals surface area contributed by atoms with Crippen LogP contribution in [0.25, 0.3) is 0 Å². The summed E-state index contributed by atoms with van der Waals surface area (Å²) in [6.07, 6.45) is 8.89. The highest BCUT2D eigenvalue weighted by Gasteiger charge is 2.45. The highest BCUT2D eigenvalue weighted by molar-refractivity contribution is 5.68. The summed E-state index contributed by atoms with van der Waals surface area (Å²) in [6.45, 7) is 7.48. The van der Waals surface area contributed by atoms with Crippen molar-refractivity contribution in [3.63, 3.8) is 0 Å². The maximum Gasteiger partial charge on any atom is 0.305 e. The summed E-state index contributed by atoms with van der Waals surface area (Å²) in [7, 11) is 0. The van der Waals surface area contributed by atoms with Gasteiger partial charge >= 0.3 is 5.97 Å². The minimum atomic E-state index is -0.127. The number of hydrogen-bond acceptors (Lipinski definition) is 3. The molecule has 3 heteroatoms. The van der Waals surface area contributed by atoms with E-state index in [1.54, 1.807) is 0 Å². The average molecular weight is 296 g/mol. The quantitative estimate of drug-likeness (QED) is 0.522. The van der Waals surface area contributed by atoms with Crippen molar-refractivity contribution < 1.29 is 14.3 Å². The summed E-state index contributed by atoms with van der Waals surface area (Å²) in [5.41, 5.74) is 0. The molecule has 0 spiro atoms. The lowest BCUT2D eigenvalue weighted by atomic mass is 9.82.